The second kappa shape index (κ2) is 5.81. The first-order valence-corrected chi connectivity index (χ1v) is 5.32. The minimum Gasteiger partial charge on any atom is -0.481 e. The summed E-state index contributed by atoms with van der Waals surface area (Å²) in [6.07, 6.45) is 1.00. The number of hydrogen-bond donors (Lipinski definition) is 2. The molecule has 1 aliphatic rings. The molecule has 1 heterocycles. The summed E-state index contributed by atoms with van der Waals surface area (Å²) in [7, 11) is 1.49. The Morgan fingerprint density at radius 2 is 2.06 bits per heavy atom. The first-order chi connectivity index (χ1) is 7.56. The summed E-state index contributed by atoms with van der Waals surface area (Å²) in [4.78, 5) is 24.1. The molecule has 16 heavy (non-hydrogen) atoms. The van der Waals surface area contributed by atoms with Gasteiger partial charge in [-0.05, 0) is 12.8 Å². The van der Waals surface area contributed by atoms with Gasteiger partial charge in [0.1, 0.15) is 6.04 Å². The van der Waals surface area contributed by atoms with Gasteiger partial charge in [-0.1, -0.05) is 0 Å². The molecule has 1 amide bonds. The average molecular weight is 230 g/mol. The molecule has 0 aromatic carbocycles. The molecule has 0 saturated carbocycles. The lowest BCUT2D eigenvalue weighted by atomic mass is 9.97. The van der Waals surface area contributed by atoms with Crippen molar-refractivity contribution in [1.82, 2.24) is 4.90 Å². The van der Waals surface area contributed by atoms with E-state index in [2.05, 4.69) is 0 Å². The molecule has 0 aromatic rings. The Bertz CT molecular complexity index is 262. The highest BCUT2D eigenvalue weighted by molar-refractivity contribution is 5.82. The monoisotopic (exact) mass is 230 g/mol. The van der Waals surface area contributed by atoms with Crippen molar-refractivity contribution in [2.24, 2.45) is 11.7 Å². The highest BCUT2D eigenvalue weighted by atomic mass is 16.5. The summed E-state index contributed by atoms with van der Waals surface area (Å²) in [6.45, 7) is 1.12. The van der Waals surface area contributed by atoms with Crippen LogP contribution in [-0.2, 0) is 14.3 Å². The van der Waals surface area contributed by atoms with Crippen LogP contribution in [0.1, 0.15) is 12.8 Å². The Morgan fingerprint density at radius 3 is 2.50 bits per heavy atom. The number of amides is 1. The van der Waals surface area contributed by atoms with Crippen LogP contribution in [0.15, 0.2) is 0 Å². The fourth-order valence-electron chi connectivity index (χ4n) is 1.83. The van der Waals surface area contributed by atoms with Crippen molar-refractivity contribution in [3.8, 4) is 0 Å². The molecule has 0 bridgehead atoms. The molecule has 1 atom stereocenters. The number of methoxy groups -OCH3 is 1. The third kappa shape index (κ3) is 3.18. The Kier molecular flexibility index (Phi) is 4.70. The van der Waals surface area contributed by atoms with Gasteiger partial charge in [0.25, 0.3) is 0 Å². The highest BCUT2D eigenvalue weighted by Gasteiger charge is 2.29. The van der Waals surface area contributed by atoms with Gasteiger partial charge < -0.3 is 20.5 Å². The highest BCUT2D eigenvalue weighted by Crippen LogP contribution is 2.17. The van der Waals surface area contributed by atoms with Crippen LogP contribution < -0.4 is 5.73 Å². The number of likely N-dealkylation sites (tertiary alicyclic amines) is 1. The number of carboxylic acids is 1. The van der Waals surface area contributed by atoms with E-state index >= 15 is 0 Å². The number of rotatable bonds is 4. The first-order valence-electron chi connectivity index (χ1n) is 5.32. The van der Waals surface area contributed by atoms with Gasteiger partial charge in [0.15, 0.2) is 0 Å². The molecule has 1 unspecified atom stereocenters. The third-order valence-electron chi connectivity index (χ3n) is 2.82. The van der Waals surface area contributed by atoms with Crippen LogP contribution >= 0.6 is 0 Å². The smallest absolute Gasteiger partial charge is 0.306 e. The van der Waals surface area contributed by atoms with Crippen molar-refractivity contribution in [2.75, 3.05) is 26.8 Å². The molecule has 1 aliphatic heterocycles. The third-order valence-corrected chi connectivity index (χ3v) is 2.82. The standard InChI is InChI=1S/C10H18N2O4/c1-16-6-8(11)9(13)12-4-2-7(3-5-12)10(14)15/h7-8H,2-6,11H2,1H3,(H,14,15). The fraction of sp³-hybridized carbons (Fsp3) is 0.800. The summed E-state index contributed by atoms with van der Waals surface area (Å²) >= 11 is 0. The van der Waals surface area contributed by atoms with Gasteiger partial charge in [0.2, 0.25) is 5.91 Å². The van der Waals surface area contributed by atoms with Gasteiger partial charge in [-0.25, -0.2) is 0 Å². The van der Waals surface area contributed by atoms with Gasteiger partial charge in [-0.15, -0.1) is 0 Å². The summed E-state index contributed by atoms with van der Waals surface area (Å²) in [5, 5.41) is 8.81. The molecule has 0 radical (unpaired) electrons. The number of carbonyl (C=O) groups is 2. The maximum atomic E-state index is 11.7. The van der Waals surface area contributed by atoms with Gasteiger partial charge in [-0.2, -0.15) is 0 Å². The maximum absolute atomic E-state index is 11.7. The number of nitrogens with two attached hydrogens (primary N) is 1. The maximum Gasteiger partial charge on any atom is 0.306 e. The number of piperidine rings is 1. The van der Waals surface area contributed by atoms with Crippen molar-refractivity contribution in [3.63, 3.8) is 0 Å². The average Bonchev–Trinajstić information content (AvgIpc) is 2.28. The molecular weight excluding hydrogens is 212 g/mol. The van der Waals surface area contributed by atoms with E-state index in [-0.39, 0.29) is 18.4 Å². The van der Waals surface area contributed by atoms with E-state index in [9.17, 15) is 9.59 Å². The van der Waals surface area contributed by atoms with E-state index in [4.69, 9.17) is 15.6 Å². The molecule has 1 saturated heterocycles. The Hall–Kier alpha value is -1.14. The SMILES string of the molecule is COCC(N)C(=O)N1CCC(C(=O)O)CC1. The van der Waals surface area contributed by atoms with Crippen molar-refractivity contribution >= 4 is 11.9 Å². The molecular formula is C10H18N2O4. The molecule has 0 spiro atoms. The van der Waals surface area contributed by atoms with Crippen LogP contribution in [0.3, 0.4) is 0 Å². The molecule has 6 heteroatoms. The van der Waals surface area contributed by atoms with Crippen molar-refractivity contribution in [3.05, 3.63) is 0 Å². The number of carboxylic acid groups (broad SMARTS) is 1. The lowest BCUT2D eigenvalue weighted by Gasteiger charge is -2.31. The molecule has 0 aromatic heterocycles. The number of ether oxygens (including phenoxy) is 1. The lowest BCUT2D eigenvalue weighted by Crippen LogP contribution is -2.49. The molecule has 3 N–H and O–H groups in total. The predicted molar refractivity (Wildman–Crippen MR) is 56.8 cm³/mol. The quantitative estimate of drug-likeness (QED) is 0.665. The largest absolute Gasteiger partial charge is 0.481 e. The van der Waals surface area contributed by atoms with E-state index < -0.39 is 12.0 Å². The summed E-state index contributed by atoms with van der Waals surface area (Å²) in [5.41, 5.74) is 5.62. The summed E-state index contributed by atoms with van der Waals surface area (Å²) < 4.78 is 4.81. The zero-order chi connectivity index (χ0) is 12.1. The molecule has 6 nitrogen and oxygen atoms in total. The minimum absolute atomic E-state index is 0.161. The Balaban J connectivity index is 2.41. The zero-order valence-electron chi connectivity index (χ0n) is 9.39. The van der Waals surface area contributed by atoms with Crippen LogP contribution in [0.2, 0.25) is 0 Å². The van der Waals surface area contributed by atoms with Crippen LogP contribution in [0, 0.1) is 5.92 Å². The Labute approximate surface area is 94.3 Å². The van der Waals surface area contributed by atoms with Gasteiger partial charge in [0.05, 0.1) is 12.5 Å². The fourth-order valence-corrected chi connectivity index (χ4v) is 1.83. The number of nitrogens with zero attached hydrogens (tertiary/aromatic N) is 1. The minimum atomic E-state index is -0.784. The zero-order valence-corrected chi connectivity index (χ0v) is 9.39. The number of hydrogen-bond acceptors (Lipinski definition) is 4. The molecule has 1 fully saturated rings. The second-order valence-electron chi connectivity index (χ2n) is 4.00. The summed E-state index contributed by atoms with van der Waals surface area (Å²) in [6, 6.07) is -0.647. The molecule has 1 rings (SSSR count). The van der Waals surface area contributed by atoms with Gasteiger partial charge >= 0.3 is 5.97 Å². The summed E-state index contributed by atoms with van der Waals surface area (Å²) in [5.74, 6) is -1.28. The van der Waals surface area contributed by atoms with E-state index in [1.165, 1.54) is 7.11 Å². The topological polar surface area (TPSA) is 92.9 Å². The van der Waals surface area contributed by atoms with Crippen molar-refractivity contribution in [2.45, 2.75) is 18.9 Å². The van der Waals surface area contributed by atoms with E-state index in [0.29, 0.717) is 25.9 Å². The number of carbonyl (C=O) groups excluding carboxylic acids is 1. The first kappa shape index (κ1) is 12.9. The van der Waals surface area contributed by atoms with Gasteiger partial charge in [-0.3, -0.25) is 9.59 Å². The van der Waals surface area contributed by atoms with Crippen molar-refractivity contribution < 1.29 is 19.4 Å². The van der Waals surface area contributed by atoms with Crippen LogP contribution in [0.25, 0.3) is 0 Å². The molecule has 0 aliphatic carbocycles. The van der Waals surface area contributed by atoms with Crippen molar-refractivity contribution in [1.29, 1.82) is 0 Å². The normalized spacial score (nSPS) is 19.5. The van der Waals surface area contributed by atoms with E-state index in [1.807, 2.05) is 0 Å². The second-order valence-corrected chi connectivity index (χ2v) is 4.00. The van der Waals surface area contributed by atoms with Gasteiger partial charge in [0, 0.05) is 20.2 Å². The Morgan fingerprint density at radius 1 is 1.50 bits per heavy atom. The number of aliphatic carboxylic acids is 1. The lowest BCUT2D eigenvalue weighted by molar-refractivity contribution is -0.146. The molecule has 92 valence electrons. The van der Waals surface area contributed by atoms with Crippen LogP contribution in [0.4, 0.5) is 0 Å². The predicted octanol–water partition coefficient (Wildman–Crippen LogP) is -0.717. The van der Waals surface area contributed by atoms with Crippen LogP contribution in [0.5, 0.6) is 0 Å². The van der Waals surface area contributed by atoms with Crippen LogP contribution in [-0.4, -0.2) is 54.7 Å². The van der Waals surface area contributed by atoms with E-state index in [0.717, 1.165) is 0 Å². The van der Waals surface area contributed by atoms with E-state index in [1.54, 1.807) is 4.90 Å².